The maximum Gasteiger partial charge on any atom is 0.217 e. The van der Waals surface area contributed by atoms with E-state index < -0.39 is 0 Å². The first-order valence-corrected chi connectivity index (χ1v) is 4.08. The van der Waals surface area contributed by atoms with Crippen LogP contribution in [0, 0.1) is 12.5 Å². The number of nitrogens with zero attached hydrogens (tertiary/aromatic N) is 1. The summed E-state index contributed by atoms with van der Waals surface area (Å²) in [5.41, 5.74) is 0. The van der Waals surface area contributed by atoms with Gasteiger partial charge in [0, 0.05) is 27.0 Å². The van der Waals surface area contributed by atoms with Crippen LogP contribution in [0.4, 0.5) is 0 Å². The van der Waals surface area contributed by atoms with Gasteiger partial charge in [0.05, 0.1) is 0 Å². The van der Waals surface area contributed by atoms with E-state index in [1.165, 1.54) is 0 Å². The maximum atomic E-state index is 8.00. The molecule has 1 atom stereocenters. The molecule has 0 fully saturated rings. The third-order valence-electron chi connectivity index (χ3n) is 1.10. The molecule has 0 saturated heterocycles. The number of carbonyl (C=O) groups excluding carboxylic acids is 5. The Bertz CT molecular complexity index is 132. The van der Waals surface area contributed by atoms with Gasteiger partial charge in [0.15, 0.2) is 0 Å². The van der Waals surface area contributed by atoms with Crippen molar-refractivity contribution in [3.8, 4) is 0 Å². The van der Waals surface area contributed by atoms with Gasteiger partial charge in [-0.25, -0.2) is 6.57 Å². The average molecular weight is 431 g/mol. The minimum absolute atomic E-state index is 0. The molecule has 0 amide bonds. The molecule has 106 valence electrons. The van der Waals surface area contributed by atoms with Crippen molar-refractivity contribution in [1.29, 1.82) is 0 Å². The minimum atomic E-state index is 0. The van der Waals surface area contributed by atoms with E-state index in [0.717, 1.165) is 6.42 Å². The van der Waals surface area contributed by atoms with Crippen LogP contribution in [-0.4, -0.2) is 40.5 Å². The summed E-state index contributed by atoms with van der Waals surface area (Å²) >= 11 is 0. The maximum absolute atomic E-state index is 8.00. The van der Waals surface area contributed by atoms with Gasteiger partial charge in [0.25, 0.3) is 0 Å². The molecule has 1 unspecified atom stereocenters. The van der Waals surface area contributed by atoms with Crippen molar-refractivity contribution in [3.63, 3.8) is 0 Å². The Morgan fingerprint density at radius 2 is 1.11 bits per heavy atom. The topological polar surface area (TPSA) is 89.7 Å². The Labute approximate surface area is 123 Å². The van der Waals surface area contributed by atoms with Gasteiger partial charge in [0.2, 0.25) is 6.54 Å². The molecule has 0 aliphatic heterocycles. The summed E-state index contributed by atoms with van der Waals surface area (Å²) in [5.74, 6) is 0.595. The average Bonchev–Trinajstić information content (AvgIpc) is 2.49. The van der Waals surface area contributed by atoms with Crippen LogP contribution in [0.25, 0.3) is 4.85 Å². The zero-order valence-electron chi connectivity index (χ0n) is 10.9. The van der Waals surface area contributed by atoms with E-state index in [4.69, 9.17) is 30.5 Å². The molecule has 0 aliphatic rings. The van der Waals surface area contributed by atoms with Gasteiger partial charge in [-0.1, -0.05) is 13.8 Å². The van der Waals surface area contributed by atoms with E-state index >= 15 is 0 Å². The normalized spacial score (nSPS) is 6.06. The van der Waals surface area contributed by atoms with Gasteiger partial charge in [-0.3, -0.25) is 0 Å². The zero-order chi connectivity index (χ0) is 15.7. The quantitative estimate of drug-likeness (QED) is 0.610. The van der Waals surface area contributed by atoms with Gasteiger partial charge in [-0.2, -0.15) is 0 Å². The van der Waals surface area contributed by atoms with Gasteiger partial charge < -0.3 is 28.8 Å². The molecule has 0 bridgehead atoms. The van der Waals surface area contributed by atoms with Crippen LogP contribution in [-0.2, 0) is 45.0 Å². The van der Waals surface area contributed by atoms with Crippen LogP contribution in [0.15, 0.2) is 0 Å². The van der Waals surface area contributed by atoms with Crippen molar-refractivity contribution in [2.45, 2.75) is 20.3 Å². The van der Waals surface area contributed by atoms with E-state index in [2.05, 4.69) is 18.7 Å². The smallest absolute Gasteiger partial charge is 0.217 e. The fraction of sp³-hybridized carbons (Fsp3) is 0.455. The molecule has 0 heterocycles. The molecule has 0 aromatic rings. The van der Waals surface area contributed by atoms with Gasteiger partial charge >= 0.3 is 0 Å². The second-order valence-corrected chi connectivity index (χ2v) is 1.85. The van der Waals surface area contributed by atoms with Crippen molar-refractivity contribution in [2.24, 2.45) is 5.92 Å². The number of rotatable bonds is 2. The molecule has 0 radical (unpaired) electrons. The van der Waals surface area contributed by atoms with Crippen LogP contribution in [0.2, 0.25) is 0 Å². The first kappa shape index (κ1) is 43.9. The first-order valence-electron chi connectivity index (χ1n) is 4.08. The molecule has 0 aromatic heterocycles. The summed E-state index contributed by atoms with van der Waals surface area (Å²) in [6.07, 6.45) is 1.13. The SMILES string of the molecule is C=O.C=O.C=O.C=O.C=O.[C-]#[N+]CC(C)CC.[W]. The van der Waals surface area contributed by atoms with Crippen LogP contribution >= 0.6 is 0 Å². The Hall–Kier alpha value is -1.47. The molecule has 0 spiro atoms. The second-order valence-electron chi connectivity index (χ2n) is 1.85. The predicted octanol–water partition coefficient (Wildman–Crippen LogP) is 1.02. The standard InChI is InChI=1S/C6H11N.5CH2O.W/c1-4-6(2)5-7-3;5*1-2;/h6H,4-5H2,1-2H3;5*1H2;. The van der Waals surface area contributed by atoms with E-state index in [1.807, 2.05) is 33.9 Å². The van der Waals surface area contributed by atoms with Crippen molar-refractivity contribution < 1.29 is 45.0 Å². The molecule has 18 heavy (non-hydrogen) atoms. The summed E-state index contributed by atoms with van der Waals surface area (Å²) in [5, 5.41) is 0. The van der Waals surface area contributed by atoms with Crippen molar-refractivity contribution in [1.82, 2.24) is 0 Å². The number of hydrogen-bond acceptors (Lipinski definition) is 5. The Morgan fingerprint density at radius 1 is 0.889 bits per heavy atom. The van der Waals surface area contributed by atoms with Crippen LogP contribution in [0.3, 0.4) is 0 Å². The van der Waals surface area contributed by atoms with Crippen LogP contribution in [0.5, 0.6) is 0 Å². The van der Waals surface area contributed by atoms with E-state index in [-0.39, 0.29) is 21.1 Å². The predicted molar refractivity (Wildman–Crippen MR) is 66.5 cm³/mol. The zero-order valence-corrected chi connectivity index (χ0v) is 13.9. The summed E-state index contributed by atoms with van der Waals surface area (Å²) in [7, 11) is 0. The molecular formula is C11H21NO5W. The van der Waals surface area contributed by atoms with Gasteiger partial charge in [0.1, 0.15) is 33.9 Å². The minimum Gasteiger partial charge on any atom is -0.317 e. The van der Waals surface area contributed by atoms with Crippen molar-refractivity contribution in [3.05, 3.63) is 11.4 Å². The fourth-order valence-corrected chi connectivity index (χ4v) is 0.285. The Morgan fingerprint density at radius 3 is 1.17 bits per heavy atom. The third-order valence-corrected chi connectivity index (χ3v) is 1.10. The summed E-state index contributed by atoms with van der Waals surface area (Å²) in [6.45, 7) is 21.4. The van der Waals surface area contributed by atoms with E-state index in [0.29, 0.717) is 12.5 Å². The largest absolute Gasteiger partial charge is 0.317 e. The molecule has 0 rings (SSSR count). The molecule has 7 heteroatoms. The summed E-state index contributed by atoms with van der Waals surface area (Å²) in [4.78, 5) is 43.3. The Balaban J connectivity index is -0.0000000189. The number of carbonyl (C=O) groups is 5. The van der Waals surface area contributed by atoms with Gasteiger partial charge in [-0.15, -0.1) is 0 Å². The van der Waals surface area contributed by atoms with Gasteiger partial charge in [-0.05, 0) is 6.42 Å². The van der Waals surface area contributed by atoms with Crippen molar-refractivity contribution in [2.75, 3.05) is 6.54 Å². The first-order chi connectivity index (χ1) is 8.31. The molecular weight excluding hydrogens is 410 g/mol. The second kappa shape index (κ2) is 160. The Kier molecular flexibility index (Phi) is 390. The molecule has 0 aliphatic carbocycles. The molecule has 6 nitrogen and oxygen atoms in total. The fourth-order valence-electron chi connectivity index (χ4n) is 0.285. The number of hydrogen-bond donors (Lipinski definition) is 0. The van der Waals surface area contributed by atoms with E-state index in [9.17, 15) is 0 Å². The van der Waals surface area contributed by atoms with Crippen LogP contribution in [0.1, 0.15) is 20.3 Å². The van der Waals surface area contributed by atoms with E-state index in [1.54, 1.807) is 0 Å². The molecule has 0 N–H and O–H groups in total. The van der Waals surface area contributed by atoms with Crippen LogP contribution < -0.4 is 0 Å². The monoisotopic (exact) mass is 431 g/mol. The van der Waals surface area contributed by atoms with Crippen molar-refractivity contribution >= 4 is 33.9 Å². The molecule has 0 saturated carbocycles. The molecule has 0 aromatic carbocycles. The summed E-state index contributed by atoms with van der Waals surface area (Å²) < 4.78 is 0. The summed E-state index contributed by atoms with van der Waals surface area (Å²) in [6, 6.07) is 0. The third kappa shape index (κ3) is 214.